The van der Waals surface area contributed by atoms with Crippen molar-refractivity contribution in [3.63, 3.8) is 0 Å². The first-order valence-electron chi connectivity index (χ1n) is 8.12. The van der Waals surface area contributed by atoms with E-state index in [0.717, 1.165) is 31.5 Å². The molecule has 0 radical (unpaired) electrons. The fraction of sp³-hybridized carbons (Fsp3) is 0.765. The Morgan fingerprint density at radius 1 is 1.30 bits per heavy atom. The summed E-state index contributed by atoms with van der Waals surface area (Å²) in [5.74, 6) is 1.34. The van der Waals surface area contributed by atoms with E-state index >= 15 is 0 Å². The van der Waals surface area contributed by atoms with E-state index in [1.54, 1.807) is 0 Å². The monoisotopic (exact) mass is 278 g/mol. The van der Waals surface area contributed by atoms with Gasteiger partial charge in [-0.15, -0.1) is 6.58 Å². The molecule has 0 amide bonds. The van der Waals surface area contributed by atoms with Crippen LogP contribution in [0.2, 0.25) is 0 Å². The Kier molecular flexibility index (Phi) is 5.50. The lowest BCUT2D eigenvalue weighted by Gasteiger charge is -2.14. The molecule has 1 fully saturated rings. The van der Waals surface area contributed by atoms with Gasteiger partial charge in [0.1, 0.15) is 5.84 Å². The molecule has 112 valence electrons. The van der Waals surface area contributed by atoms with Crippen molar-refractivity contribution in [1.82, 2.24) is 0 Å². The van der Waals surface area contributed by atoms with Gasteiger partial charge in [0, 0.05) is 5.92 Å². The van der Waals surface area contributed by atoms with E-state index < -0.39 is 5.67 Å². The van der Waals surface area contributed by atoms with Crippen molar-refractivity contribution in [3.8, 4) is 0 Å². The first-order chi connectivity index (χ1) is 9.69. The Bertz CT molecular complexity index is 394. The summed E-state index contributed by atoms with van der Waals surface area (Å²) in [6.45, 7) is 6.49. The number of hydrogen-bond donors (Lipinski definition) is 0. The number of allylic oxidation sites excluding steroid dienone is 1. The average molecular weight is 278 g/mol. The van der Waals surface area contributed by atoms with Crippen LogP contribution >= 0.6 is 0 Å². The van der Waals surface area contributed by atoms with Crippen LogP contribution < -0.4 is 0 Å². The molecule has 1 aliphatic heterocycles. The predicted octanol–water partition coefficient (Wildman–Crippen LogP) is 4.89. The molecule has 1 heterocycles. The van der Waals surface area contributed by atoms with Crippen LogP contribution in [0.15, 0.2) is 22.6 Å². The minimum Gasteiger partial charge on any atom is -0.264 e. The largest absolute Gasteiger partial charge is 0.264 e. The molecule has 1 saturated carbocycles. The number of amidine groups is 1. The van der Waals surface area contributed by atoms with Crippen LogP contribution in [-0.4, -0.2) is 23.8 Å². The lowest BCUT2D eigenvalue weighted by molar-refractivity contribution is 0.404. The molecule has 0 saturated heterocycles. The summed E-state index contributed by atoms with van der Waals surface area (Å²) in [4.78, 5) is 9.07. The van der Waals surface area contributed by atoms with E-state index in [1.807, 2.05) is 6.08 Å². The highest BCUT2D eigenvalue weighted by Crippen LogP contribution is 2.42. The van der Waals surface area contributed by atoms with Gasteiger partial charge in [0.15, 0.2) is 5.67 Å². The highest BCUT2D eigenvalue weighted by Gasteiger charge is 2.49. The van der Waals surface area contributed by atoms with Crippen LogP contribution in [0, 0.1) is 5.92 Å². The zero-order chi connectivity index (χ0) is 14.4. The molecule has 2 aliphatic rings. The van der Waals surface area contributed by atoms with Gasteiger partial charge in [0.25, 0.3) is 0 Å². The van der Waals surface area contributed by atoms with Gasteiger partial charge in [-0.1, -0.05) is 32.3 Å². The molecule has 0 bridgehead atoms. The maximum absolute atomic E-state index is 14.0. The molecule has 1 unspecified atom stereocenters. The molecule has 20 heavy (non-hydrogen) atoms. The maximum Gasteiger partial charge on any atom is 0.151 e. The summed E-state index contributed by atoms with van der Waals surface area (Å²) in [6.07, 6.45) is 11.4. The molecule has 2 nitrogen and oxygen atoms in total. The number of alkyl halides is 1. The third-order valence-electron chi connectivity index (χ3n) is 4.33. The first kappa shape index (κ1) is 15.4. The fourth-order valence-corrected chi connectivity index (χ4v) is 2.78. The SMILES string of the molecule is C=CCCCC(CCCCC)C1=NCC(C2(F)CC2)=N1. The van der Waals surface area contributed by atoms with Gasteiger partial charge in [-0.05, 0) is 38.5 Å². The number of hydrogen-bond acceptors (Lipinski definition) is 2. The van der Waals surface area contributed by atoms with Crippen molar-refractivity contribution in [3.05, 3.63) is 12.7 Å². The minimum absolute atomic E-state index is 0.418. The Morgan fingerprint density at radius 3 is 2.70 bits per heavy atom. The standard InChI is InChI=1S/C17H27FN2/c1-3-5-7-9-14(10-8-6-4-2)16-19-13-15(20-16)17(18)11-12-17/h3,14H,1,4-13H2,2H3. The van der Waals surface area contributed by atoms with E-state index in [-0.39, 0.29) is 0 Å². The van der Waals surface area contributed by atoms with Crippen LogP contribution in [0.5, 0.6) is 0 Å². The smallest absolute Gasteiger partial charge is 0.151 e. The summed E-state index contributed by atoms with van der Waals surface area (Å²) in [7, 11) is 0. The van der Waals surface area contributed by atoms with Gasteiger partial charge in [0.2, 0.25) is 0 Å². The molecule has 3 heteroatoms. The first-order valence-corrected chi connectivity index (χ1v) is 8.12. The van der Waals surface area contributed by atoms with Crippen LogP contribution in [-0.2, 0) is 0 Å². The van der Waals surface area contributed by atoms with E-state index in [4.69, 9.17) is 0 Å². The van der Waals surface area contributed by atoms with E-state index in [0.29, 0.717) is 31.0 Å². The fourth-order valence-electron chi connectivity index (χ4n) is 2.78. The van der Waals surface area contributed by atoms with Crippen LogP contribution in [0.25, 0.3) is 0 Å². The number of aliphatic imine (C=N–C) groups is 2. The summed E-state index contributed by atoms with van der Waals surface area (Å²) in [5, 5.41) is 0. The molecule has 1 aliphatic carbocycles. The lowest BCUT2D eigenvalue weighted by atomic mass is 9.94. The average Bonchev–Trinajstić information content (AvgIpc) is 3.01. The molecule has 1 atom stereocenters. The summed E-state index contributed by atoms with van der Waals surface area (Å²) in [6, 6.07) is 0. The van der Waals surface area contributed by atoms with Crippen LogP contribution in [0.1, 0.15) is 64.7 Å². The lowest BCUT2D eigenvalue weighted by Crippen LogP contribution is -2.18. The van der Waals surface area contributed by atoms with E-state index in [1.165, 1.54) is 19.3 Å². The molecular formula is C17H27FN2. The number of nitrogens with zero attached hydrogens (tertiary/aromatic N) is 2. The zero-order valence-corrected chi connectivity index (χ0v) is 12.7. The second-order valence-corrected chi connectivity index (χ2v) is 6.11. The van der Waals surface area contributed by atoms with E-state index in [9.17, 15) is 4.39 Å². The number of halogens is 1. The summed E-state index contributed by atoms with van der Waals surface area (Å²) < 4.78 is 14.0. The van der Waals surface area contributed by atoms with Crippen molar-refractivity contribution in [2.75, 3.05) is 6.54 Å². The van der Waals surface area contributed by atoms with Crippen LogP contribution in [0.4, 0.5) is 4.39 Å². The topological polar surface area (TPSA) is 24.7 Å². The van der Waals surface area contributed by atoms with Gasteiger partial charge in [0.05, 0.1) is 12.3 Å². The molecule has 0 N–H and O–H groups in total. The van der Waals surface area contributed by atoms with Gasteiger partial charge < -0.3 is 0 Å². The molecule has 2 rings (SSSR count). The predicted molar refractivity (Wildman–Crippen MR) is 84.5 cm³/mol. The van der Waals surface area contributed by atoms with Gasteiger partial charge in [-0.3, -0.25) is 4.99 Å². The Labute approximate surface area is 122 Å². The van der Waals surface area contributed by atoms with Crippen molar-refractivity contribution < 1.29 is 4.39 Å². The molecule has 0 spiro atoms. The van der Waals surface area contributed by atoms with Crippen LogP contribution in [0.3, 0.4) is 0 Å². The normalized spacial score (nSPS) is 21.3. The van der Waals surface area contributed by atoms with Crippen molar-refractivity contribution in [2.24, 2.45) is 15.9 Å². The Balaban J connectivity index is 1.91. The quantitative estimate of drug-likeness (QED) is 0.401. The summed E-state index contributed by atoms with van der Waals surface area (Å²) >= 11 is 0. The summed E-state index contributed by atoms with van der Waals surface area (Å²) in [5.41, 5.74) is -0.405. The Hall–Kier alpha value is -0.990. The third kappa shape index (κ3) is 4.00. The Morgan fingerprint density at radius 2 is 2.05 bits per heavy atom. The third-order valence-corrected chi connectivity index (χ3v) is 4.33. The minimum atomic E-state index is -1.10. The molecule has 0 aromatic rings. The van der Waals surface area contributed by atoms with Crippen molar-refractivity contribution in [2.45, 2.75) is 70.4 Å². The van der Waals surface area contributed by atoms with Crippen molar-refractivity contribution in [1.29, 1.82) is 0 Å². The van der Waals surface area contributed by atoms with Crippen molar-refractivity contribution >= 4 is 11.5 Å². The zero-order valence-electron chi connectivity index (χ0n) is 12.7. The maximum atomic E-state index is 14.0. The number of unbranched alkanes of at least 4 members (excludes halogenated alkanes) is 3. The van der Waals surface area contributed by atoms with Gasteiger partial charge >= 0.3 is 0 Å². The van der Waals surface area contributed by atoms with Gasteiger partial charge in [-0.2, -0.15) is 0 Å². The highest BCUT2D eigenvalue weighted by molar-refractivity contribution is 6.09. The highest BCUT2D eigenvalue weighted by atomic mass is 19.1. The molecule has 0 aromatic carbocycles. The molecular weight excluding hydrogens is 251 g/mol. The van der Waals surface area contributed by atoms with E-state index in [2.05, 4.69) is 23.5 Å². The second-order valence-electron chi connectivity index (χ2n) is 6.11. The van der Waals surface area contributed by atoms with Gasteiger partial charge in [-0.25, -0.2) is 9.38 Å². The molecule has 0 aromatic heterocycles. The number of rotatable bonds is 10. The second kappa shape index (κ2) is 7.14.